The summed E-state index contributed by atoms with van der Waals surface area (Å²) in [6.07, 6.45) is 3.39. The second-order valence-corrected chi connectivity index (χ2v) is 4.03. The zero-order valence-corrected chi connectivity index (χ0v) is 9.81. The van der Waals surface area contributed by atoms with Gasteiger partial charge in [0.05, 0.1) is 0 Å². The van der Waals surface area contributed by atoms with Crippen LogP contribution in [0.2, 0.25) is 0 Å². The molecule has 2 heterocycles. The third-order valence-electron chi connectivity index (χ3n) is 2.20. The normalized spacial score (nSPS) is 10.5. The number of amides is 1. The van der Waals surface area contributed by atoms with Gasteiger partial charge in [0.15, 0.2) is 5.76 Å². The third kappa shape index (κ3) is 2.72. The molecule has 1 amide bonds. The van der Waals surface area contributed by atoms with E-state index in [0.717, 1.165) is 5.56 Å². The molecule has 0 bridgehead atoms. The van der Waals surface area contributed by atoms with Crippen LogP contribution in [-0.4, -0.2) is 16.9 Å². The highest BCUT2D eigenvalue weighted by molar-refractivity contribution is 5.92. The zero-order chi connectivity index (χ0) is 12.3. The summed E-state index contributed by atoms with van der Waals surface area (Å²) in [6.45, 7) is 3.81. The van der Waals surface area contributed by atoms with E-state index in [1.54, 1.807) is 24.5 Å². The lowest BCUT2D eigenvalue weighted by atomic mass is 10.2. The van der Waals surface area contributed by atoms with Gasteiger partial charge in [-0.3, -0.25) is 9.78 Å². The highest BCUT2D eigenvalue weighted by Crippen LogP contribution is 2.20. The van der Waals surface area contributed by atoms with E-state index in [1.165, 1.54) is 0 Å². The Bertz CT molecular complexity index is 503. The molecule has 1 N–H and O–H groups in total. The van der Waals surface area contributed by atoms with E-state index in [2.05, 4.69) is 10.3 Å². The van der Waals surface area contributed by atoms with Gasteiger partial charge in [-0.1, -0.05) is 0 Å². The van der Waals surface area contributed by atoms with E-state index in [9.17, 15) is 4.79 Å². The second kappa shape index (κ2) is 4.82. The van der Waals surface area contributed by atoms with Crippen molar-refractivity contribution in [3.63, 3.8) is 0 Å². The average molecular weight is 230 g/mol. The van der Waals surface area contributed by atoms with E-state index in [-0.39, 0.29) is 11.9 Å². The fourth-order valence-electron chi connectivity index (χ4n) is 1.46. The van der Waals surface area contributed by atoms with Gasteiger partial charge in [-0.2, -0.15) is 0 Å². The first-order valence-corrected chi connectivity index (χ1v) is 5.48. The Balaban J connectivity index is 2.19. The maximum Gasteiger partial charge on any atom is 0.287 e. The Labute approximate surface area is 99.7 Å². The lowest BCUT2D eigenvalue weighted by Gasteiger charge is -2.05. The molecule has 0 atom stereocenters. The molecule has 4 heteroatoms. The third-order valence-corrected chi connectivity index (χ3v) is 2.20. The molecule has 0 aliphatic rings. The fraction of sp³-hybridized carbons (Fsp3) is 0.231. The predicted octanol–water partition coefficient (Wildman–Crippen LogP) is 2.48. The van der Waals surface area contributed by atoms with Crippen molar-refractivity contribution in [3.05, 3.63) is 42.4 Å². The monoisotopic (exact) mass is 230 g/mol. The minimum Gasteiger partial charge on any atom is -0.451 e. The first kappa shape index (κ1) is 11.4. The molecule has 0 spiro atoms. The molecule has 0 saturated carbocycles. The number of pyridine rings is 1. The molecular formula is C13H14N2O2. The van der Waals surface area contributed by atoms with E-state index in [1.807, 2.05) is 26.0 Å². The second-order valence-electron chi connectivity index (χ2n) is 4.03. The molecule has 0 radical (unpaired) electrons. The van der Waals surface area contributed by atoms with Crippen molar-refractivity contribution in [2.45, 2.75) is 19.9 Å². The molecule has 2 aromatic rings. The molecule has 0 aliphatic heterocycles. The van der Waals surface area contributed by atoms with Gasteiger partial charge in [0.1, 0.15) is 5.76 Å². The Morgan fingerprint density at radius 3 is 2.82 bits per heavy atom. The number of carbonyl (C=O) groups is 1. The average Bonchev–Trinajstić information content (AvgIpc) is 2.78. The van der Waals surface area contributed by atoms with Gasteiger partial charge in [0.2, 0.25) is 0 Å². The fourth-order valence-corrected chi connectivity index (χ4v) is 1.46. The lowest BCUT2D eigenvalue weighted by Crippen LogP contribution is -2.29. The lowest BCUT2D eigenvalue weighted by molar-refractivity contribution is 0.0916. The van der Waals surface area contributed by atoms with Crippen LogP contribution in [0.3, 0.4) is 0 Å². The minimum atomic E-state index is -0.199. The highest BCUT2D eigenvalue weighted by atomic mass is 16.3. The van der Waals surface area contributed by atoms with Gasteiger partial charge in [0, 0.05) is 24.0 Å². The largest absolute Gasteiger partial charge is 0.451 e. The van der Waals surface area contributed by atoms with Crippen LogP contribution in [0.1, 0.15) is 24.4 Å². The van der Waals surface area contributed by atoms with Crippen molar-refractivity contribution in [1.29, 1.82) is 0 Å². The van der Waals surface area contributed by atoms with E-state index in [0.29, 0.717) is 11.5 Å². The van der Waals surface area contributed by atoms with Gasteiger partial charge in [0.25, 0.3) is 5.91 Å². The van der Waals surface area contributed by atoms with Crippen LogP contribution in [0.4, 0.5) is 0 Å². The van der Waals surface area contributed by atoms with Gasteiger partial charge in [-0.25, -0.2) is 0 Å². The maximum atomic E-state index is 11.7. The molecule has 0 aromatic carbocycles. The summed E-state index contributed by atoms with van der Waals surface area (Å²) in [5.74, 6) is 0.764. The Kier molecular flexibility index (Phi) is 3.23. The molecule has 2 aromatic heterocycles. The van der Waals surface area contributed by atoms with Gasteiger partial charge in [-0.05, 0) is 38.1 Å². The van der Waals surface area contributed by atoms with Gasteiger partial charge in [-0.15, -0.1) is 0 Å². The smallest absolute Gasteiger partial charge is 0.287 e. The molecule has 2 rings (SSSR count). The first-order chi connectivity index (χ1) is 8.16. The zero-order valence-electron chi connectivity index (χ0n) is 9.81. The predicted molar refractivity (Wildman–Crippen MR) is 64.5 cm³/mol. The summed E-state index contributed by atoms with van der Waals surface area (Å²) in [6, 6.07) is 7.24. The molecule has 0 saturated heterocycles. The summed E-state index contributed by atoms with van der Waals surface area (Å²) in [5, 5.41) is 2.78. The maximum absolute atomic E-state index is 11.7. The number of hydrogen-bond donors (Lipinski definition) is 1. The summed E-state index contributed by atoms with van der Waals surface area (Å²) in [5.41, 5.74) is 0.857. The number of aromatic nitrogens is 1. The van der Waals surface area contributed by atoms with Crippen molar-refractivity contribution in [2.75, 3.05) is 0 Å². The van der Waals surface area contributed by atoms with Crippen molar-refractivity contribution in [1.82, 2.24) is 10.3 Å². The van der Waals surface area contributed by atoms with Crippen LogP contribution in [-0.2, 0) is 0 Å². The van der Waals surface area contributed by atoms with Crippen molar-refractivity contribution in [2.24, 2.45) is 0 Å². The van der Waals surface area contributed by atoms with Crippen LogP contribution in [0.15, 0.2) is 41.1 Å². The van der Waals surface area contributed by atoms with Crippen LogP contribution in [0.25, 0.3) is 11.3 Å². The van der Waals surface area contributed by atoms with E-state index in [4.69, 9.17) is 4.42 Å². The summed E-state index contributed by atoms with van der Waals surface area (Å²) < 4.78 is 5.48. The highest BCUT2D eigenvalue weighted by Gasteiger charge is 2.12. The standard InChI is InChI=1S/C13H14N2O2/c1-9(2)15-13(16)12-6-5-11(17-12)10-4-3-7-14-8-10/h3-9H,1-2H3,(H,15,16). The molecule has 17 heavy (non-hydrogen) atoms. The molecule has 0 unspecified atom stereocenters. The van der Waals surface area contributed by atoms with E-state index < -0.39 is 0 Å². The molecule has 0 fully saturated rings. The summed E-state index contributed by atoms with van der Waals surface area (Å²) in [7, 11) is 0. The van der Waals surface area contributed by atoms with Crippen molar-refractivity contribution < 1.29 is 9.21 Å². The van der Waals surface area contributed by atoms with Crippen molar-refractivity contribution >= 4 is 5.91 Å². The van der Waals surface area contributed by atoms with Crippen LogP contribution >= 0.6 is 0 Å². The molecule has 4 nitrogen and oxygen atoms in total. The Morgan fingerprint density at radius 1 is 1.35 bits per heavy atom. The minimum absolute atomic E-state index is 0.0921. The Hall–Kier alpha value is -2.10. The number of hydrogen-bond acceptors (Lipinski definition) is 3. The first-order valence-electron chi connectivity index (χ1n) is 5.48. The van der Waals surface area contributed by atoms with Crippen LogP contribution < -0.4 is 5.32 Å². The summed E-state index contributed by atoms with van der Waals surface area (Å²) >= 11 is 0. The van der Waals surface area contributed by atoms with Gasteiger partial charge >= 0.3 is 0 Å². The quantitative estimate of drug-likeness (QED) is 0.881. The topological polar surface area (TPSA) is 55.1 Å². The molecular weight excluding hydrogens is 216 g/mol. The number of nitrogens with zero attached hydrogens (tertiary/aromatic N) is 1. The number of carbonyl (C=O) groups excluding carboxylic acids is 1. The van der Waals surface area contributed by atoms with Crippen LogP contribution in [0.5, 0.6) is 0 Å². The summed E-state index contributed by atoms with van der Waals surface area (Å²) in [4.78, 5) is 15.7. The van der Waals surface area contributed by atoms with Crippen LogP contribution in [0, 0.1) is 0 Å². The molecule has 0 aliphatic carbocycles. The number of rotatable bonds is 3. The van der Waals surface area contributed by atoms with E-state index >= 15 is 0 Å². The molecule has 88 valence electrons. The number of furan rings is 1. The Morgan fingerprint density at radius 2 is 2.18 bits per heavy atom. The van der Waals surface area contributed by atoms with Crippen molar-refractivity contribution in [3.8, 4) is 11.3 Å². The SMILES string of the molecule is CC(C)NC(=O)c1ccc(-c2cccnc2)o1. The number of nitrogens with one attached hydrogen (secondary N) is 1. The van der Waals surface area contributed by atoms with Gasteiger partial charge < -0.3 is 9.73 Å².